The molecule has 0 spiro atoms. The smallest absolute Gasteiger partial charge is 0.0952 e. The van der Waals surface area contributed by atoms with E-state index in [0.29, 0.717) is 0 Å². The highest BCUT2D eigenvalue weighted by Gasteiger charge is 2.15. The molecule has 3 heteroatoms. The highest BCUT2D eigenvalue weighted by molar-refractivity contribution is 6.30. The van der Waals surface area contributed by atoms with Crippen molar-refractivity contribution < 1.29 is 4.74 Å². The monoisotopic (exact) mass is 283 g/mol. The molecule has 0 aliphatic rings. The van der Waals surface area contributed by atoms with Gasteiger partial charge in [0, 0.05) is 11.6 Å². The molecular formula is C16H26ClNO. The Morgan fingerprint density at radius 1 is 1.16 bits per heavy atom. The number of hydrogen-bond donors (Lipinski definition) is 1. The highest BCUT2D eigenvalue weighted by atomic mass is 35.5. The molecule has 2 nitrogen and oxygen atoms in total. The van der Waals surface area contributed by atoms with Crippen molar-refractivity contribution in [2.75, 3.05) is 13.1 Å². The normalized spacial score (nSPS) is 14.3. The number of halogens is 1. The van der Waals surface area contributed by atoms with Crippen LogP contribution in [0.2, 0.25) is 5.02 Å². The fraction of sp³-hybridized carbons (Fsp3) is 0.625. The van der Waals surface area contributed by atoms with Gasteiger partial charge >= 0.3 is 0 Å². The maximum Gasteiger partial charge on any atom is 0.0952 e. The number of benzene rings is 1. The van der Waals surface area contributed by atoms with E-state index in [1.54, 1.807) is 0 Å². The van der Waals surface area contributed by atoms with Crippen LogP contribution in [0.4, 0.5) is 0 Å². The first kappa shape index (κ1) is 16.5. The molecule has 0 saturated heterocycles. The number of nitrogens with one attached hydrogen (secondary N) is 1. The van der Waals surface area contributed by atoms with Crippen molar-refractivity contribution in [1.29, 1.82) is 0 Å². The summed E-state index contributed by atoms with van der Waals surface area (Å²) in [6.45, 7) is 8.38. The molecule has 0 bridgehead atoms. The van der Waals surface area contributed by atoms with Gasteiger partial charge in [-0.25, -0.2) is 0 Å². The van der Waals surface area contributed by atoms with Crippen molar-refractivity contribution in [2.24, 2.45) is 0 Å². The quantitative estimate of drug-likeness (QED) is 0.670. The van der Waals surface area contributed by atoms with E-state index >= 15 is 0 Å². The zero-order valence-electron chi connectivity index (χ0n) is 12.3. The largest absolute Gasteiger partial charge is 0.369 e. The lowest BCUT2D eigenvalue weighted by molar-refractivity contribution is -0.00711. The minimum absolute atomic E-state index is 0.102. The molecule has 0 aliphatic carbocycles. The van der Waals surface area contributed by atoms with Gasteiger partial charge in [0.25, 0.3) is 0 Å². The van der Waals surface area contributed by atoms with Crippen LogP contribution in [0.1, 0.15) is 51.7 Å². The van der Waals surface area contributed by atoms with Crippen LogP contribution >= 0.6 is 11.6 Å². The summed E-state index contributed by atoms with van der Waals surface area (Å²) in [4.78, 5) is 0. The molecular weight excluding hydrogens is 258 g/mol. The van der Waals surface area contributed by atoms with Gasteiger partial charge < -0.3 is 10.1 Å². The molecule has 0 radical (unpaired) electrons. The summed E-state index contributed by atoms with van der Waals surface area (Å²) in [5, 5.41) is 4.21. The van der Waals surface area contributed by atoms with Gasteiger partial charge in [0.05, 0.1) is 12.2 Å². The average Bonchev–Trinajstić information content (AvgIpc) is 2.39. The molecule has 0 fully saturated rings. The Kier molecular flexibility index (Phi) is 8.11. The fourth-order valence-electron chi connectivity index (χ4n) is 2.09. The van der Waals surface area contributed by atoms with Gasteiger partial charge in [-0.15, -0.1) is 0 Å². The van der Waals surface area contributed by atoms with Gasteiger partial charge in [-0.05, 0) is 44.0 Å². The molecule has 2 atom stereocenters. The molecule has 0 heterocycles. The zero-order chi connectivity index (χ0) is 14.1. The topological polar surface area (TPSA) is 21.3 Å². The van der Waals surface area contributed by atoms with Crippen molar-refractivity contribution in [3.63, 3.8) is 0 Å². The lowest BCUT2D eigenvalue weighted by Crippen LogP contribution is -2.26. The van der Waals surface area contributed by atoms with Crippen LogP contribution in [0.15, 0.2) is 24.3 Å². The Bertz CT molecular complexity index is 339. The van der Waals surface area contributed by atoms with E-state index in [1.807, 2.05) is 12.1 Å². The van der Waals surface area contributed by atoms with Crippen LogP contribution in [-0.2, 0) is 4.74 Å². The van der Waals surface area contributed by atoms with Gasteiger partial charge in [0.1, 0.15) is 0 Å². The van der Waals surface area contributed by atoms with Gasteiger partial charge in [0.15, 0.2) is 0 Å². The number of hydrogen-bond acceptors (Lipinski definition) is 2. The Morgan fingerprint density at radius 3 is 2.42 bits per heavy atom. The summed E-state index contributed by atoms with van der Waals surface area (Å²) in [6, 6.07) is 7.97. The van der Waals surface area contributed by atoms with E-state index < -0.39 is 0 Å². The van der Waals surface area contributed by atoms with Gasteiger partial charge in [0.2, 0.25) is 0 Å². The Balaban J connectivity index is 2.64. The molecule has 0 amide bonds. The molecule has 1 aromatic rings. The SMILES string of the molecule is CCCNCC(OC(C)CCC)c1ccc(Cl)cc1. The Hall–Kier alpha value is -0.570. The Morgan fingerprint density at radius 2 is 1.84 bits per heavy atom. The van der Waals surface area contributed by atoms with E-state index in [1.165, 1.54) is 5.56 Å². The summed E-state index contributed by atoms with van der Waals surface area (Å²) < 4.78 is 6.16. The van der Waals surface area contributed by atoms with Crippen LogP contribution < -0.4 is 5.32 Å². The van der Waals surface area contributed by atoms with E-state index in [4.69, 9.17) is 16.3 Å². The molecule has 2 unspecified atom stereocenters. The average molecular weight is 284 g/mol. The maximum absolute atomic E-state index is 6.16. The third-order valence-corrected chi connectivity index (χ3v) is 3.34. The molecule has 1 rings (SSSR count). The molecule has 0 saturated carbocycles. The first-order valence-corrected chi connectivity index (χ1v) is 7.66. The van der Waals surface area contributed by atoms with Crippen LogP contribution in [0, 0.1) is 0 Å². The lowest BCUT2D eigenvalue weighted by atomic mass is 10.1. The summed E-state index contributed by atoms with van der Waals surface area (Å²) in [5.41, 5.74) is 1.19. The first-order valence-electron chi connectivity index (χ1n) is 7.29. The highest BCUT2D eigenvalue weighted by Crippen LogP contribution is 2.22. The first-order chi connectivity index (χ1) is 9.17. The second-order valence-corrected chi connectivity index (χ2v) is 5.42. The lowest BCUT2D eigenvalue weighted by Gasteiger charge is -2.23. The fourth-order valence-corrected chi connectivity index (χ4v) is 2.21. The second-order valence-electron chi connectivity index (χ2n) is 4.98. The van der Waals surface area contributed by atoms with Crippen molar-refractivity contribution >= 4 is 11.6 Å². The molecule has 1 N–H and O–H groups in total. The van der Waals surface area contributed by atoms with Crippen LogP contribution in [0.25, 0.3) is 0 Å². The van der Waals surface area contributed by atoms with Crippen LogP contribution in [0.3, 0.4) is 0 Å². The third-order valence-electron chi connectivity index (χ3n) is 3.09. The van der Waals surface area contributed by atoms with E-state index in [0.717, 1.165) is 37.4 Å². The molecule has 0 aromatic heterocycles. The van der Waals surface area contributed by atoms with Crippen molar-refractivity contribution in [2.45, 2.75) is 52.2 Å². The van der Waals surface area contributed by atoms with Crippen molar-refractivity contribution in [3.05, 3.63) is 34.9 Å². The minimum atomic E-state index is 0.102. The van der Waals surface area contributed by atoms with Crippen molar-refractivity contribution in [1.82, 2.24) is 5.32 Å². The predicted molar refractivity (Wildman–Crippen MR) is 82.8 cm³/mol. The van der Waals surface area contributed by atoms with Crippen molar-refractivity contribution in [3.8, 4) is 0 Å². The molecule has 108 valence electrons. The maximum atomic E-state index is 6.16. The second kappa shape index (κ2) is 9.35. The third kappa shape index (κ3) is 6.42. The van der Waals surface area contributed by atoms with E-state index in [2.05, 4.69) is 38.2 Å². The summed E-state index contributed by atoms with van der Waals surface area (Å²) in [5.74, 6) is 0. The van der Waals surface area contributed by atoms with E-state index in [-0.39, 0.29) is 12.2 Å². The van der Waals surface area contributed by atoms with E-state index in [9.17, 15) is 0 Å². The summed E-state index contributed by atoms with van der Waals surface area (Å²) in [7, 11) is 0. The number of rotatable bonds is 9. The summed E-state index contributed by atoms with van der Waals surface area (Å²) >= 11 is 5.94. The van der Waals surface area contributed by atoms with Gasteiger partial charge in [-0.2, -0.15) is 0 Å². The molecule has 0 aliphatic heterocycles. The zero-order valence-corrected chi connectivity index (χ0v) is 13.0. The van der Waals surface area contributed by atoms with Gasteiger partial charge in [-0.1, -0.05) is 44.0 Å². The standard InChI is InChI=1S/C16H26ClNO/c1-4-6-13(3)19-16(12-18-11-5-2)14-7-9-15(17)10-8-14/h7-10,13,16,18H,4-6,11-12H2,1-3H3. The Labute approximate surface area is 122 Å². The number of ether oxygens (including phenoxy) is 1. The molecule has 1 aromatic carbocycles. The summed E-state index contributed by atoms with van der Waals surface area (Å²) in [6.07, 6.45) is 3.77. The van der Waals surface area contributed by atoms with Crippen LogP contribution in [0.5, 0.6) is 0 Å². The predicted octanol–water partition coefficient (Wildman–Crippen LogP) is 4.59. The molecule has 19 heavy (non-hydrogen) atoms. The van der Waals surface area contributed by atoms with Gasteiger partial charge in [-0.3, -0.25) is 0 Å². The van der Waals surface area contributed by atoms with Crippen LogP contribution in [-0.4, -0.2) is 19.2 Å². The minimum Gasteiger partial charge on any atom is -0.369 e.